The molecule has 2 N–H and O–H groups in total. The van der Waals surface area contributed by atoms with E-state index in [1.807, 2.05) is 0 Å². The number of carboxylic acids is 1. The first-order valence-electron chi connectivity index (χ1n) is 5.38. The molecule has 1 aromatic heterocycles. The fraction of sp³-hybridized carbons (Fsp3) is 0.545. The first kappa shape index (κ1) is 14.0. The molecule has 7 nitrogen and oxygen atoms in total. The number of ether oxygens (including phenoxy) is 1. The van der Waals surface area contributed by atoms with Gasteiger partial charge in [-0.15, -0.1) is 0 Å². The summed E-state index contributed by atoms with van der Waals surface area (Å²) in [6.07, 6.45) is -0.602. The van der Waals surface area contributed by atoms with E-state index in [4.69, 9.17) is 9.84 Å². The number of hydrogen-bond acceptors (Lipinski definition) is 5. The first-order chi connectivity index (χ1) is 8.19. The van der Waals surface area contributed by atoms with E-state index in [0.29, 0.717) is 5.69 Å². The topological polar surface area (TPSA) is 102 Å². The van der Waals surface area contributed by atoms with E-state index in [1.54, 1.807) is 27.7 Å². The predicted octanol–water partition coefficient (Wildman–Crippen LogP) is 1.96. The van der Waals surface area contributed by atoms with Crippen LogP contribution in [0.3, 0.4) is 0 Å². The van der Waals surface area contributed by atoms with Gasteiger partial charge in [0, 0.05) is 6.07 Å². The average Bonchev–Trinajstić information content (AvgIpc) is 2.62. The van der Waals surface area contributed by atoms with Gasteiger partial charge in [-0.2, -0.15) is 0 Å². The van der Waals surface area contributed by atoms with Crippen LogP contribution in [0.25, 0.3) is 0 Å². The Morgan fingerprint density at radius 1 is 1.50 bits per heavy atom. The van der Waals surface area contributed by atoms with Crippen molar-refractivity contribution in [3.8, 4) is 0 Å². The van der Waals surface area contributed by atoms with Crippen LogP contribution in [-0.2, 0) is 4.74 Å². The molecule has 0 aliphatic rings. The summed E-state index contributed by atoms with van der Waals surface area (Å²) < 4.78 is 9.65. The van der Waals surface area contributed by atoms with Crippen LogP contribution in [0.15, 0.2) is 10.6 Å². The van der Waals surface area contributed by atoms with Crippen molar-refractivity contribution in [3.63, 3.8) is 0 Å². The fourth-order valence-corrected chi connectivity index (χ4v) is 1.15. The first-order valence-corrected chi connectivity index (χ1v) is 5.38. The number of alkyl carbamates (subject to hydrolysis) is 1. The number of nitrogens with zero attached hydrogens (tertiary/aromatic N) is 1. The number of rotatable bonds is 3. The quantitative estimate of drug-likeness (QED) is 0.857. The summed E-state index contributed by atoms with van der Waals surface area (Å²) in [5.41, 5.74) is -0.280. The van der Waals surface area contributed by atoms with E-state index in [-0.39, 0.29) is 5.76 Å². The molecule has 0 spiro atoms. The molecular weight excluding hydrogens is 240 g/mol. The standard InChI is InChI=1S/C11H16N2O5/c1-6(12-10(16)17-11(2,3)4)7-5-8(9(14)15)18-13-7/h5-6H,1-4H3,(H,12,16)(H,14,15)/t6-/m0/s1. The highest BCUT2D eigenvalue weighted by molar-refractivity contribution is 5.84. The highest BCUT2D eigenvalue weighted by atomic mass is 16.6. The Labute approximate surface area is 104 Å². The van der Waals surface area contributed by atoms with Gasteiger partial charge < -0.3 is 19.7 Å². The molecule has 0 aliphatic heterocycles. The SMILES string of the molecule is C[C@H](NC(=O)OC(C)(C)C)c1cc(C(=O)O)on1. The van der Waals surface area contributed by atoms with Crippen molar-refractivity contribution < 1.29 is 24.0 Å². The molecule has 1 atom stereocenters. The van der Waals surface area contributed by atoms with Crippen molar-refractivity contribution in [1.29, 1.82) is 0 Å². The van der Waals surface area contributed by atoms with Gasteiger partial charge in [-0.1, -0.05) is 5.16 Å². The maximum Gasteiger partial charge on any atom is 0.408 e. The second-order valence-corrected chi connectivity index (χ2v) is 4.79. The van der Waals surface area contributed by atoms with Crippen molar-refractivity contribution in [2.75, 3.05) is 0 Å². The van der Waals surface area contributed by atoms with Crippen LogP contribution >= 0.6 is 0 Å². The van der Waals surface area contributed by atoms with Gasteiger partial charge in [0.25, 0.3) is 0 Å². The Kier molecular flexibility index (Phi) is 3.95. The lowest BCUT2D eigenvalue weighted by atomic mass is 10.2. The Morgan fingerprint density at radius 2 is 2.11 bits per heavy atom. The highest BCUT2D eigenvalue weighted by Crippen LogP contribution is 2.14. The second kappa shape index (κ2) is 5.07. The van der Waals surface area contributed by atoms with Gasteiger partial charge in [0.2, 0.25) is 5.76 Å². The Hall–Kier alpha value is -2.05. The molecule has 18 heavy (non-hydrogen) atoms. The molecule has 0 saturated heterocycles. The van der Waals surface area contributed by atoms with Gasteiger partial charge in [-0.3, -0.25) is 0 Å². The Balaban J connectivity index is 2.62. The van der Waals surface area contributed by atoms with Crippen LogP contribution < -0.4 is 5.32 Å². The van der Waals surface area contributed by atoms with Crippen molar-refractivity contribution in [1.82, 2.24) is 10.5 Å². The molecule has 0 aromatic carbocycles. The van der Waals surface area contributed by atoms with E-state index in [9.17, 15) is 9.59 Å². The van der Waals surface area contributed by atoms with Gasteiger partial charge in [0.15, 0.2) is 0 Å². The van der Waals surface area contributed by atoms with Gasteiger partial charge >= 0.3 is 12.1 Å². The van der Waals surface area contributed by atoms with Crippen LogP contribution in [0.2, 0.25) is 0 Å². The smallest absolute Gasteiger partial charge is 0.408 e. The summed E-state index contributed by atoms with van der Waals surface area (Å²) >= 11 is 0. The van der Waals surface area contributed by atoms with Gasteiger partial charge in [0.05, 0.1) is 6.04 Å². The molecule has 100 valence electrons. The lowest BCUT2D eigenvalue weighted by Gasteiger charge is -2.21. The Morgan fingerprint density at radius 3 is 2.56 bits per heavy atom. The molecule has 0 saturated carbocycles. The summed E-state index contributed by atoms with van der Waals surface area (Å²) in [5.74, 6) is -1.49. The summed E-state index contributed by atoms with van der Waals surface area (Å²) in [4.78, 5) is 22.1. The molecule has 0 bridgehead atoms. The fourth-order valence-electron chi connectivity index (χ4n) is 1.15. The van der Waals surface area contributed by atoms with Crippen LogP contribution in [0.4, 0.5) is 4.79 Å². The molecule has 1 heterocycles. The second-order valence-electron chi connectivity index (χ2n) is 4.79. The van der Waals surface area contributed by atoms with Crippen molar-refractivity contribution in [2.24, 2.45) is 0 Å². The zero-order valence-electron chi connectivity index (χ0n) is 10.7. The van der Waals surface area contributed by atoms with Crippen LogP contribution in [-0.4, -0.2) is 27.9 Å². The number of hydrogen-bond donors (Lipinski definition) is 2. The minimum atomic E-state index is -1.21. The summed E-state index contributed by atoms with van der Waals surface area (Å²) in [5, 5.41) is 14.8. The lowest BCUT2D eigenvalue weighted by molar-refractivity contribution is 0.0505. The molecule has 1 aromatic rings. The number of aromatic nitrogens is 1. The molecule has 0 aliphatic carbocycles. The monoisotopic (exact) mass is 256 g/mol. The number of carbonyl (C=O) groups excluding carboxylic acids is 1. The number of aromatic carboxylic acids is 1. The molecule has 0 fully saturated rings. The zero-order chi connectivity index (χ0) is 13.9. The zero-order valence-corrected chi connectivity index (χ0v) is 10.7. The molecule has 0 radical (unpaired) electrons. The predicted molar refractivity (Wildman–Crippen MR) is 61.2 cm³/mol. The molecule has 1 rings (SSSR count). The summed E-state index contributed by atoms with van der Waals surface area (Å²) in [6, 6.07) is 0.751. The molecule has 1 amide bonds. The van der Waals surface area contributed by atoms with Gasteiger partial charge in [-0.25, -0.2) is 9.59 Å². The number of amides is 1. The average molecular weight is 256 g/mol. The van der Waals surface area contributed by atoms with Crippen LogP contribution in [0.5, 0.6) is 0 Å². The number of nitrogens with one attached hydrogen (secondary N) is 1. The van der Waals surface area contributed by atoms with Crippen LogP contribution in [0.1, 0.15) is 50.0 Å². The largest absolute Gasteiger partial charge is 0.475 e. The van der Waals surface area contributed by atoms with Crippen molar-refractivity contribution >= 4 is 12.1 Å². The van der Waals surface area contributed by atoms with Crippen molar-refractivity contribution in [3.05, 3.63) is 17.5 Å². The summed E-state index contributed by atoms with van der Waals surface area (Å²) in [7, 11) is 0. The number of carboxylic acid groups (broad SMARTS) is 1. The summed E-state index contributed by atoms with van der Waals surface area (Å²) in [6.45, 7) is 6.88. The van der Waals surface area contributed by atoms with Crippen molar-refractivity contribution in [2.45, 2.75) is 39.3 Å². The third-order valence-electron chi connectivity index (χ3n) is 1.92. The van der Waals surface area contributed by atoms with E-state index in [1.165, 1.54) is 6.07 Å². The van der Waals surface area contributed by atoms with E-state index in [0.717, 1.165) is 0 Å². The molecular formula is C11H16N2O5. The van der Waals surface area contributed by atoms with E-state index < -0.39 is 23.7 Å². The molecule has 0 unspecified atom stereocenters. The van der Waals surface area contributed by atoms with E-state index >= 15 is 0 Å². The maximum absolute atomic E-state index is 11.5. The highest BCUT2D eigenvalue weighted by Gasteiger charge is 2.21. The minimum absolute atomic E-state index is 0.275. The van der Waals surface area contributed by atoms with Gasteiger partial charge in [-0.05, 0) is 27.7 Å². The molecule has 7 heteroatoms. The van der Waals surface area contributed by atoms with Gasteiger partial charge in [0.1, 0.15) is 11.3 Å². The van der Waals surface area contributed by atoms with E-state index in [2.05, 4.69) is 15.0 Å². The lowest BCUT2D eigenvalue weighted by Crippen LogP contribution is -2.34. The third kappa shape index (κ3) is 4.08. The normalized spacial score (nSPS) is 12.9. The maximum atomic E-state index is 11.5. The minimum Gasteiger partial charge on any atom is -0.475 e. The third-order valence-corrected chi connectivity index (χ3v) is 1.92. The van der Waals surface area contributed by atoms with Crippen LogP contribution in [0, 0.1) is 0 Å². The number of carbonyl (C=O) groups is 2. The Bertz CT molecular complexity index is 447.